The Kier molecular flexibility index (Phi) is 7.31. The highest BCUT2D eigenvalue weighted by atomic mass is 35.5. The molecule has 3 rings (SSSR count). The molecule has 28 heavy (non-hydrogen) atoms. The molecule has 1 heterocycles. The van der Waals surface area contributed by atoms with Crippen molar-refractivity contribution in [3.05, 3.63) is 64.7 Å². The summed E-state index contributed by atoms with van der Waals surface area (Å²) in [4.78, 5) is 26.4. The molecule has 6 heteroatoms. The van der Waals surface area contributed by atoms with Crippen molar-refractivity contribution in [3.8, 4) is 5.75 Å². The van der Waals surface area contributed by atoms with Gasteiger partial charge in [-0.1, -0.05) is 23.7 Å². The number of amides is 2. The molecule has 0 spiro atoms. The monoisotopic (exact) mass is 400 g/mol. The third-order valence-electron chi connectivity index (χ3n) is 4.69. The molecule has 0 unspecified atom stereocenters. The first-order chi connectivity index (χ1) is 13.6. The molecule has 1 saturated heterocycles. The second-order valence-corrected chi connectivity index (χ2v) is 7.32. The molecule has 1 fully saturated rings. The van der Waals surface area contributed by atoms with E-state index in [9.17, 15) is 9.59 Å². The molecule has 148 valence electrons. The van der Waals surface area contributed by atoms with Gasteiger partial charge < -0.3 is 15.0 Å². The molecule has 2 aromatic rings. The molecular weight excluding hydrogens is 376 g/mol. The summed E-state index contributed by atoms with van der Waals surface area (Å²) >= 11 is 5.83. The number of likely N-dealkylation sites (tertiary alicyclic amines) is 1. The lowest BCUT2D eigenvalue weighted by atomic mass is 10.1. The van der Waals surface area contributed by atoms with Gasteiger partial charge in [-0.25, -0.2) is 0 Å². The Bertz CT molecular complexity index is 802. The zero-order valence-electron chi connectivity index (χ0n) is 15.8. The van der Waals surface area contributed by atoms with Crippen LogP contribution in [0.4, 0.5) is 0 Å². The van der Waals surface area contributed by atoms with Crippen molar-refractivity contribution in [1.82, 2.24) is 10.2 Å². The molecule has 0 saturated carbocycles. The number of nitrogens with one attached hydrogen (secondary N) is 1. The Morgan fingerprint density at radius 1 is 1.07 bits per heavy atom. The highest BCUT2D eigenvalue weighted by Crippen LogP contribution is 2.16. The largest absolute Gasteiger partial charge is 0.494 e. The normalized spacial score (nSPS) is 13.4. The number of halogens is 1. The van der Waals surface area contributed by atoms with Crippen LogP contribution in [0, 0.1) is 0 Å². The molecule has 0 radical (unpaired) electrons. The zero-order chi connectivity index (χ0) is 19.8. The summed E-state index contributed by atoms with van der Waals surface area (Å²) in [6.07, 6.45) is 3.16. The summed E-state index contributed by atoms with van der Waals surface area (Å²) in [6.45, 7) is 2.54. The number of nitrogens with zero attached hydrogens (tertiary/aromatic N) is 1. The molecule has 1 N–H and O–H groups in total. The van der Waals surface area contributed by atoms with Crippen LogP contribution in [0.25, 0.3) is 0 Å². The first-order valence-electron chi connectivity index (χ1n) is 9.65. The summed E-state index contributed by atoms with van der Waals surface area (Å²) in [7, 11) is 0. The molecule has 2 amide bonds. The third-order valence-corrected chi connectivity index (χ3v) is 4.94. The van der Waals surface area contributed by atoms with E-state index in [0.717, 1.165) is 37.2 Å². The number of ether oxygens (including phenoxy) is 1. The fourth-order valence-corrected chi connectivity index (χ4v) is 3.29. The van der Waals surface area contributed by atoms with Crippen LogP contribution in [0.15, 0.2) is 48.5 Å². The van der Waals surface area contributed by atoms with Crippen molar-refractivity contribution in [2.45, 2.75) is 32.2 Å². The van der Waals surface area contributed by atoms with E-state index in [-0.39, 0.29) is 11.8 Å². The maximum Gasteiger partial charge on any atom is 0.253 e. The van der Waals surface area contributed by atoms with Crippen LogP contribution in [0.3, 0.4) is 0 Å². The van der Waals surface area contributed by atoms with Crippen LogP contribution in [0.5, 0.6) is 5.75 Å². The first-order valence-corrected chi connectivity index (χ1v) is 10.0. The minimum absolute atomic E-state index is 0.0315. The maximum atomic E-state index is 12.5. The quantitative estimate of drug-likeness (QED) is 0.680. The lowest BCUT2D eigenvalue weighted by molar-refractivity contribution is -0.121. The van der Waals surface area contributed by atoms with Gasteiger partial charge in [-0.2, -0.15) is 0 Å². The van der Waals surface area contributed by atoms with Gasteiger partial charge in [0.05, 0.1) is 6.61 Å². The van der Waals surface area contributed by atoms with Gasteiger partial charge in [-0.15, -0.1) is 0 Å². The summed E-state index contributed by atoms with van der Waals surface area (Å²) in [5, 5.41) is 3.57. The molecule has 5 nitrogen and oxygen atoms in total. The van der Waals surface area contributed by atoms with E-state index in [1.54, 1.807) is 24.3 Å². The van der Waals surface area contributed by atoms with Gasteiger partial charge in [0.2, 0.25) is 5.91 Å². The van der Waals surface area contributed by atoms with Crippen molar-refractivity contribution in [2.75, 3.05) is 19.7 Å². The number of hydrogen-bond acceptors (Lipinski definition) is 3. The number of carbonyl (C=O) groups is 2. The van der Waals surface area contributed by atoms with Crippen LogP contribution >= 0.6 is 11.6 Å². The van der Waals surface area contributed by atoms with Gasteiger partial charge in [0.1, 0.15) is 5.75 Å². The highest BCUT2D eigenvalue weighted by Gasteiger charge is 2.19. The second kappa shape index (κ2) is 10.1. The lowest BCUT2D eigenvalue weighted by Crippen LogP contribution is -2.28. The fraction of sp³-hybridized carbons (Fsp3) is 0.364. The predicted octanol–water partition coefficient (Wildman–Crippen LogP) is 4.05. The number of benzene rings is 2. The van der Waals surface area contributed by atoms with E-state index in [0.29, 0.717) is 36.6 Å². The van der Waals surface area contributed by atoms with Gasteiger partial charge in [0, 0.05) is 36.6 Å². The van der Waals surface area contributed by atoms with E-state index in [2.05, 4.69) is 5.32 Å². The summed E-state index contributed by atoms with van der Waals surface area (Å²) < 4.78 is 5.58. The predicted molar refractivity (Wildman–Crippen MR) is 110 cm³/mol. The third kappa shape index (κ3) is 5.99. The highest BCUT2D eigenvalue weighted by molar-refractivity contribution is 6.30. The van der Waals surface area contributed by atoms with E-state index in [1.165, 1.54) is 0 Å². The Balaban J connectivity index is 1.38. The summed E-state index contributed by atoms with van der Waals surface area (Å²) in [6, 6.07) is 14.6. The second-order valence-electron chi connectivity index (χ2n) is 6.88. The summed E-state index contributed by atoms with van der Waals surface area (Å²) in [5.74, 6) is 0.783. The Morgan fingerprint density at radius 3 is 2.57 bits per heavy atom. The van der Waals surface area contributed by atoms with Crippen molar-refractivity contribution >= 4 is 23.4 Å². The van der Waals surface area contributed by atoms with Crippen molar-refractivity contribution < 1.29 is 14.3 Å². The number of hydrogen-bond donors (Lipinski definition) is 1. The van der Waals surface area contributed by atoms with E-state index < -0.39 is 0 Å². The van der Waals surface area contributed by atoms with Crippen molar-refractivity contribution in [2.24, 2.45) is 0 Å². The molecule has 0 aromatic heterocycles. The fourth-order valence-electron chi connectivity index (χ4n) is 3.16. The molecular formula is C22H25ClN2O3. The van der Waals surface area contributed by atoms with E-state index in [4.69, 9.17) is 16.3 Å². The lowest BCUT2D eigenvalue weighted by Gasteiger charge is -2.15. The molecule has 1 aliphatic heterocycles. The average Bonchev–Trinajstić information content (AvgIpc) is 3.25. The maximum absolute atomic E-state index is 12.5. The van der Waals surface area contributed by atoms with Crippen LogP contribution in [-0.2, 0) is 11.3 Å². The smallest absolute Gasteiger partial charge is 0.253 e. The van der Waals surface area contributed by atoms with E-state index in [1.807, 2.05) is 29.2 Å². The molecule has 2 aromatic carbocycles. The van der Waals surface area contributed by atoms with Crippen LogP contribution in [0.2, 0.25) is 5.02 Å². The summed E-state index contributed by atoms with van der Waals surface area (Å²) in [5.41, 5.74) is 1.61. The number of rotatable bonds is 8. The minimum atomic E-state index is -0.0315. The Morgan fingerprint density at radius 2 is 1.82 bits per heavy atom. The SMILES string of the molecule is O=C(CCCOc1ccc(Cl)cc1)NCc1cccc(C(=O)N2CCCC2)c1. The van der Waals surface area contributed by atoms with Crippen molar-refractivity contribution in [1.29, 1.82) is 0 Å². The molecule has 0 bridgehead atoms. The molecule has 0 aliphatic carbocycles. The van der Waals surface area contributed by atoms with Crippen LogP contribution < -0.4 is 10.1 Å². The molecule has 1 aliphatic rings. The zero-order valence-corrected chi connectivity index (χ0v) is 16.6. The topological polar surface area (TPSA) is 58.6 Å². The molecule has 0 atom stereocenters. The average molecular weight is 401 g/mol. The number of carbonyl (C=O) groups excluding carboxylic acids is 2. The van der Waals surface area contributed by atoms with Gasteiger partial charge in [-0.3, -0.25) is 9.59 Å². The Labute approximate surface area is 170 Å². The van der Waals surface area contributed by atoms with Gasteiger partial charge >= 0.3 is 0 Å². The van der Waals surface area contributed by atoms with E-state index >= 15 is 0 Å². The minimum Gasteiger partial charge on any atom is -0.494 e. The first kappa shape index (κ1) is 20.2. The standard InChI is InChI=1S/C22H25ClN2O3/c23-19-8-10-20(11-9-19)28-14-4-7-21(26)24-16-17-5-3-6-18(15-17)22(27)25-12-1-2-13-25/h3,5-6,8-11,15H,1-2,4,7,12-14,16H2,(H,24,26). The van der Waals surface area contributed by atoms with Gasteiger partial charge in [0.25, 0.3) is 5.91 Å². The van der Waals surface area contributed by atoms with Crippen molar-refractivity contribution in [3.63, 3.8) is 0 Å². The Hall–Kier alpha value is -2.53. The van der Waals surface area contributed by atoms with Gasteiger partial charge in [0.15, 0.2) is 0 Å². The van der Waals surface area contributed by atoms with Crippen LogP contribution in [-0.4, -0.2) is 36.4 Å². The van der Waals surface area contributed by atoms with Gasteiger partial charge in [-0.05, 0) is 61.2 Å². The van der Waals surface area contributed by atoms with Crippen LogP contribution in [0.1, 0.15) is 41.6 Å².